The predicted octanol–water partition coefficient (Wildman–Crippen LogP) is 4.20. The minimum Gasteiger partial charge on any atom is -0.324 e. The van der Waals surface area contributed by atoms with Gasteiger partial charge in [0.05, 0.1) is 5.69 Å². The average molecular weight is 447 g/mol. The lowest BCUT2D eigenvalue weighted by Gasteiger charge is -2.10. The molecule has 0 fully saturated rings. The molecule has 138 valence electrons. The predicted molar refractivity (Wildman–Crippen MR) is 110 cm³/mol. The fraction of sp³-hybridized carbons (Fsp3) is 0.150. The number of carbonyl (C=O) groups excluding carboxylic acids is 1. The zero-order chi connectivity index (χ0) is 19.4. The highest BCUT2D eigenvalue weighted by Gasteiger charge is 2.11. The quantitative estimate of drug-likeness (QED) is 0.639. The summed E-state index contributed by atoms with van der Waals surface area (Å²) >= 11 is 9.36. The first-order valence-corrected chi connectivity index (χ1v) is 9.45. The lowest BCUT2D eigenvalue weighted by molar-refractivity contribution is -0.117. The summed E-state index contributed by atoms with van der Waals surface area (Å²) in [6.45, 7) is 1.64. The molecule has 3 aromatic rings. The van der Waals surface area contributed by atoms with Gasteiger partial charge in [-0.1, -0.05) is 39.7 Å². The minimum absolute atomic E-state index is 0.154. The van der Waals surface area contributed by atoms with Crippen LogP contribution in [0.2, 0.25) is 5.02 Å². The van der Waals surface area contributed by atoms with Gasteiger partial charge in [0.2, 0.25) is 5.91 Å². The van der Waals surface area contributed by atoms with Crippen molar-refractivity contribution in [3.8, 4) is 0 Å². The van der Waals surface area contributed by atoms with Crippen molar-refractivity contribution in [3.05, 3.63) is 91.3 Å². The van der Waals surface area contributed by atoms with Crippen LogP contribution in [0.3, 0.4) is 0 Å². The maximum atomic E-state index is 12.7. The lowest BCUT2D eigenvalue weighted by atomic mass is 10.1. The van der Waals surface area contributed by atoms with Crippen LogP contribution >= 0.6 is 27.5 Å². The van der Waals surface area contributed by atoms with Crippen LogP contribution in [-0.4, -0.2) is 15.7 Å². The normalized spacial score (nSPS) is 10.6. The van der Waals surface area contributed by atoms with Crippen LogP contribution in [-0.2, 0) is 17.8 Å². The van der Waals surface area contributed by atoms with Crippen LogP contribution in [0.15, 0.2) is 63.9 Å². The Morgan fingerprint density at radius 3 is 2.63 bits per heavy atom. The maximum Gasteiger partial charge on any atom is 0.270 e. The molecule has 27 heavy (non-hydrogen) atoms. The molecule has 3 rings (SSSR count). The lowest BCUT2D eigenvalue weighted by Crippen LogP contribution is -2.32. The van der Waals surface area contributed by atoms with Crippen molar-refractivity contribution in [2.24, 2.45) is 0 Å². The van der Waals surface area contributed by atoms with Crippen LogP contribution in [0.1, 0.15) is 16.8 Å². The Morgan fingerprint density at radius 2 is 1.93 bits per heavy atom. The minimum atomic E-state index is -0.314. The second-order valence-electron chi connectivity index (χ2n) is 6.14. The van der Waals surface area contributed by atoms with Crippen LogP contribution in [0, 0.1) is 6.92 Å². The Balaban J connectivity index is 1.79. The van der Waals surface area contributed by atoms with Gasteiger partial charge in [-0.15, -0.1) is 0 Å². The van der Waals surface area contributed by atoms with E-state index in [-0.39, 0.29) is 18.0 Å². The fourth-order valence-corrected chi connectivity index (χ4v) is 3.19. The standard InChI is InChI=1S/C20H17BrClN3O2/c1-13-9-15(10-14-3-2-4-17(22)11-14)20(27)25(24-13)12-19(26)23-18-7-5-16(21)6-8-18/h2-9,11H,10,12H2,1H3,(H,23,26). The van der Waals surface area contributed by atoms with E-state index >= 15 is 0 Å². The number of amides is 1. The average Bonchev–Trinajstić information content (AvgIpc) is 2.61. The van der Waals surface area contributed by atoms with Gasteiger partial charge >= 0.3 is 0 Å². The molecule has 1 aromatic heterocycles. The zero-order valence-electron chi connectivity index (χ0n) is 14.6. The van der Waals surface area contributed by atoms with Crippen LogP contribution in [0.5, 0.6) is 0 Å². The van der Waals surface area contributed by atoms with E-state index in [1.807, 2.05) is 30.3 Å². The molecule has 1 N–H and O–H groups in total. The van der Waals surface area contributed by atoms with Crippen LogP contribution < -0.4 is 10.9 Å². The SMILES string of the molecule is Cc1cc(Cc2cccc(Cl)c2)c(=O)n(CC(=O)Nc2ccc(Br)cc2)n1. The first kappa shape index (κ1) is 19.3. The molecule has 0 aliphatic rings. The van der Waals surface area contributed by atoms with Gasteiger partial charge in [0.15, 0.2) is 0 Å². The highest BCUT2D eigenvalue weighted by Crippen LogP contribution is 2.15. The van der Waals surface area contributed by atoms with Crippen molar-refractivity contribution in [1.29, 1.82) is 0 Å². The first-order valence-electron chi connectivity index (χ1n) is 8.28. The van der Waals surface area contributed by atoms with Crippen molar-refractivity contribution in [2.75, 3.05) is 5.32 Å². The number of hydrogen-bond donors (Lipinski definition) is 1. The molecule has 0 unspecified atom stereocenters. The van der Waals surface area contributed by atoms with E-state index in [1.54, 1.807) is 31.2 Å². The molecular weight excluding hydrogens is 430 g/mol. The van der Waals surface area contributed by atoms with Gasteiger partial charge in [-0.25, -0.2) is 4.68 Å². The zero-order valence-corrected chi connectivity index (χ0v) is 16.9. The number of nitrogens with one attached hydrogen (secondary N) is 1. The molecular formula is C20H17BrClN3O2. The van der Waals surface area contributed by atoms with Crippen LogP contribution in [0.4, 0.5) is 5.69 Å². The molecule has 0 saturated heterocycles. The van der Waals surface area contributed by atoms with Gasteiger partial charge in [-0.05, 0) is 55.0 Å². The summed E-state index contributed by atoms with van der Waals surface area (Å²) in [6.07, 6.45) is 0.428. The van der Waals surface area contributed by atoms with E-state index in [1.165, 1.54) is 4.68 Å². The number of halogens is 2. The molecule has 1 amide bonds. The summed E-state index contributed by atoms with van der Waals surface area (Å²) in [7, 11) is 0. The van der Waals surface area contributed by atoms with Gasteiger partial charge in [-0.2, -0.15) is 5.10 Å². The molecule has 0 spiro atoms. The maximum absolute atomic E-state index is 12.7. The van der Waals surface area contributed by atoms with Gasteiger partial charge in [0.25, 0.3) is 5.56 Å². The number of anilines is 1. The molecule has 5 nitrogen and oxygen atoms in total. The van der Waals surface area contributed by atoms with Gasteiger partial charge in [-0.3, -0.25) is 9.59 Å². The monoisotopic (exact) mass is 445 g/mol. The fourth-order valence-electron chi connectivity index (χ4n) is 2.71. The third kappa shape index (κ3) is 5.28. The molecule has 0 atom stereocenters. The topological polar surface area (TPSA) is 64.0 Å². The van der Waals surface area contributed by atoms with Crippen molar-refractivity contribution in [3.63, 3.8) is 0 Å². The number of aryl methyl sites for hydroxylation is 1. The van der Waals surface area contributed by atoms with E-state index in [2.05, 4.69) is 26.3 Å². The molecule has 0 aliphatic carbocycles. The summed E-state index contributed by atoms with van der Waals surface area (Å²) in [4.78, 5) is 25.0. The highest BCUT2D eigenvalue weighted by atomic mass is 79.9. The molecule has 0 saturated carbocycles. The van der Waals surface area contributed by atoms with Gasteiger partial charge in [0.1, 0.15) is 6.54 Å². The van der Waals surface area contributed by atoms with Gasteiger partial charge in [0, 0.05) is 27.2 Å². The van der Waals surface area contributed by atoms with E-state index < -0.39 is 0 Å². The third-order valence-electron chi connectivity index (χ3n) is 3.88. The number of nitrogens with zero attached hydrogens (tertiary/aromatic N) is 2. The number of aromatic nitrogens is 2. The van der Waals surface area contributed by atoms with E-state index in [0.29, 0.717) is 28.4 Å². The van der Waals surface area contributed by atoms with Crippen molar-refractivity contribution >= 4 is 39.1 Å². The van der Waals surface area contributed by atoms with E-state index in [0.717, 1.165) is 10.0 Å². The Hall–Kier alpha value is -2.44. The third-order valence-corrected chi connectivity index (χ3v) is 4.64. The summed E-state index contributed by atoms with van der Waals surface area (Å²) in [6, 6.07) is 16.3. The van der Waals surface area contributed by atoms with E-state index in [9.17, 15) is 9.59 Å². The highest BCUT2D eigenvalue weighted by molar-refractivity contribution is 9.10. The molecule has 0 radical (unpaired) electrons. The van der Waals surface area contributed by atoms with Crippen molar-refractivity contribution < 1.29 is 4.79 Å². The van der Waals surface area contributed by atoms with Crippen molar-refractivity contribution in [2.45, 2.75) is 19.9 Å². The smallest absolute Gasteiger partial charge is 0.270 e. The first-order chi connectivity index (χ1) is 12.9. The van der Waals surface area contributed by atoms with Crippen molar-refractivity contribution in [1.82, 2.24) is 9.78 Å². The number of rotatable bonds is 5. The summed E-state index contributed by atoms with van der Waals surface area (Å²) < 4.78 is 2.12. The number of carbonyl (C=O) groups is 1. The Bertz CT molecular complexity index is 1030. The molecule has 7 heteroatoms. The number of hydrogen-bond acceptors (Lipinski definition) is 3. The van der Waals surface area contributed by atoms with E-state index in [4.69, 9.17) is 11.6 Å². The Kier molecular flexibility index (Phi) is 6.08. The van der Waals surface area contributed by atoms with Gasteiger partial charge < -0.3 is 5.32 Å². The molecule has 0 aliphatic heterocycles. The van der Waals surface area contributed by atoms with Crippen LogP contribution in [0.25, 0.3) is 0 Å². The second-order valence-corrected chi connectivity index (χ2v) is 7.49. The Labute approximate surface area is 170 Å². The molecule has 1 heterocycles. The molecule has 2 aromatic carbocycles. The summed E-state index contributed by atoms with van der Waals surface area (Å²) in [5, 5.41) is 7.58. The summed E-state index contributed by atoms with van der Waals surface area (Å²) in [5.41, 5.74) is 2.54. The number of benzene rings is 2. The second kappa shape index (κ2) is 8.50. The Morgan fingerprint density at radius 1 is 1.19 bits per heavy atom. The largest absolute Gasteiger partial charge is 0.324 e. The molecule has 0 bridgehead atoms. The summed E-state index contributed by atoms with van der Waals surface area (Å²) in [5.74, 6) is -0.314.